The second-order valence-corrected chi connectivity index (χ2v) is 33.0. The number of rotatable bonds is 89. The van der Waals surface area contributed by atoms with Gasteiger partial charge in [0, 0.05) is 58.3 Å². The van der Waals surface area contributed by atoms with E-state index < -0.39 is 36.1 Å². The van der Waals surface area contributed by atoms with E-state index in [4.69, 9.17) is 40.1 Å². The van der Waals surface area contributed by atoms with E-state index in [1.54, 1.807) is 0 Å². The van der Waals surface area contributed by atoms with Gasteiger partial charge in [-0.1, -0.05) is 225 Å². The second kappa shape index (κ2) is 84.5. The number of nitrogens with one attached hydrogen (secondary N) is 9. The molecule has 116 heavy (non-hydrogen) atoms. The Bertz CT molecular complexity index is 2400. The first-order valence-electron chi connectivity index (χ1n) is 47.6. The lowest BCUT2D eigenvalue weighted by Crippen LogP contribution is -2.47. The van der Waals surface area contributed by atoms with Crippen molar-refractivity contribution in [3.63, 3.8) is 0 Å². The van der Waals surface area contributed by atoms with Crippen molar-refractivity contribution in [1.29, 1.82) is 0 Å². The van der Waals surface area contributed by atoms with E-state index in [9.17, 15) is 47.9 Å². The molecule has 0 aromatic carbocycles. The molecule has 0 saturated heterocycles. The predicted octanol–water partition coefficient (Wildman–Crippen LogP) is 12.5. The average molecular weight is 1640 g/mol. The van der Waals surface area contributed by atoms with E-state index in [-0.39, 0.29) is 53.2 Å². The van der Waals surface area contributed by atoms with Crippen LogP contribution in [0.25, 0.3) is 0 Å². The highest BCUT2D eigenvalue weighted by Gasteiger charge is 2.25. The van der Waals surface area contributed by atoms with Gasteiger partial charge in [0.2, 0.25) is 59.1 Å². The van der Waals surface area contributed by atoms with E-state index in [2.05, 4.69) is 47.9 Å². The molecule has 0 aliphatic carbocycles. The van der Waals surface area contributed by atoms with E-state index in [1.807, 2.05) is 0 Å². The molecule has 0 saturated carbocycles. The minimum Gasteiger partial charge on any atom is -0.368 e. The van der Waals surface area contributed by atoms with Crippen molar-refractivity contribution < 1.29 is 47.9 Å². The fourth-order valence-electron chi connectivity index (χ4n) is 14.8. The number of hydrogen-bond acceptors (Lipinski definition) is 16. The molecule has 0 fully saturated rings. The summed E-state index contributed by atoms with van der Waals surface area (Å²) < 4.78 is 0. The van der Waals surface area contributed by atoms with Crippen LogP contribution in [0.2, 0.25) is 0 Å². The van der Waals surface area contributed by atoms with Crippen LogP contribution >= 0.6 is 0 Å². The van der Waals surface area contributed by atoms with Gasteiger partial charge in [-0.25, -0.2) is 0 Å². The van der Waals surface area contributed by atoms with Crippen molar-refractivity contribution in [3.8, 4) is 0 Å². The van der Waals surface area contributed by atoms with Crippen LogP contribution in [-0.4, -0.2) is 155 Å². The normalized spacial score (nSPS) is 12.6. The molecule has 26 nitrogen and oxygen atoms in total. The van der Waals surface area contributed by atoms with Crippen LogP contribution in [0, 0.1) is 0 Å². The van der Waals surface area contributed by atoms with Crippen molar-refractivity contribution in [1.82, 2.24) is 47.9 Å². The Hall–Kier alpha value is -5.54. The third kappa shape index (κ3) is 72.5. The van der Waals surface area contributed by atoms with Gasteiger partial charge in [0.15, 0.2) is 0 Å². The first-order valence-corrected chi connectivity index (χ1v) is 47.6. The second-order valence-electron chi connectivity index (χ2n) is 33.0. The maximum atomic E-state index is 13.3. The van der Waals surface area contributed by atoms with Gasteiger partial charge in [0.1, 0.15) is 30.2 Å². The van der Waals surface area contributed by atoms with Crippen LogP contribution in [0.1, 0.15) is 417 Å². The summed E-state index contributed by atoms with van der Waals surface area (Å²) in [6.07, 6.45) is 59.7. The van der Waals surface area contributed by atoms with Crippen molar-refractivity contribution in [2.75, 3.05) is 65.4 Å². The first kappa shape index (κ1) is 110. The van der Waals surface area contributed by atoms with Gasteiger partial charge in [-0.15, -0.1) is 0 Å². The Morgan fingerprint density at radius 3 is 0.483 bits per heavy atom. The predicted molar refractivity (Wildman–Crippen MR) is 475 cm³/mol. The Morgan fingerprint density at radius 2 is 0.310 bits per heavy atom. The largest absolute Gasteiger partial charge is 0.368 e. The highest BCUT2D eigenvalue weighted by atomic mass is 16.2. The Kier molecular flexibility index (Phi) is 80.4. The lowest BCUT2D eigenvalue weighted by molar-refractivity contribution is -0.129. The molecule has 0 aliphatic rings. The van der Waals surface area contributed by atoms with Gasteiger partial charge in [-0.05, 0) is 200 Å². The molecule has 0 aromatic heterocycles. The summed E-state index contributed by atoms with van der Waals surface area (Å²) in [7, 11) is 0. The number of amides is 10. The van der Waals surface area contributed by atoms with Crippen LogP contribution < -0.4 is 88.0 Å². The fourth-order valence-corrected chi connectivity index (χ4v) is 14.8. The molecule has 26 heteroatoms. The summed E-state index contributed by atoms with van der Waals surface area (Å²) in [5, 5.41) is 27.1. The van der Waals surface area contributed by atoms with Gasteiger partial charge in [-0.2, -0.15) is 0 Å². The summed E-state index contributed by atoms with van der Waals surface area (Å²) in [4.78, 5) is 128. The standard InChI is InChI=1S/C90H178N16O10/c91-66-46-31-21-11-1-6-16-27-37-62-82(108)103-77(57-42-48-68-93)87(113)99-73-53-33-23-13-3-8-18-29-39-64-84(110)105-79(59-44-50-70-95)89(115)101-75-55-35-25-15-5-10-20-30-40-65-85(111)106-80(60-45-51-71-96)90(116)100-74-54-34-24-14-4-9-19-28-38-63-83(109)104-78(58-43-49-69-94)88(114)98-72-52-32-22-12-2-7-17-26-36-61-81(107)102-76(86(97)112)56-41-47-67-92/h76-80H,1-75,91-96H2,(H2,97,112)(H,98,114)(H,99,113)(H,100,116)(H,101,115)(H,102,107)(H,103,108)(H,104,109)(H,105,110)(H,106,111)/t76-,77-,78-,79-,80-/m0/s1. The molecule has 23 N–H and O–H groups in total. The molecular formula is C90H178N16O10. The molecule has 0 bridgehead atoms. The van der Waals surface area contributed by atoms with Gasteiger partial charge in [0.25, 0.3) is 0 Å². The van der Waals surface area contributed by atoms with Crippen LogP contribution in [0.15, 0.2) is 0 Å². The molecule has 0 aliphatic heterocycles. The molecule has 0 unspecified atom stereocenters. The Balaban J connectivity index is 4.25. The topological polar surface area (TPSA) is 461 Å². The van der Waals surface area contributed by atoms with Gasteiger partial charge >= 0.3 is 0 Å². The van der Waals surface area contributed by atoms with Gasteiger partial charge in [0.05, 0.1) is 0 Å². The number of primary amides is 1. The Morgan fingerprint density at radius 1 is 0.172 bits per heavy atom. The van der Waals surface area contributed by atoms with E-state index >= 15 is 0 Å². The third-order valence-electron chi connectivity index (χ3n) is 22.1. The van der Waals surface area contributed by atoms with Crippen LogP contribution in [0.5, 0.6) is 0 Å². The summed E-state index contributed by atoms with van der Waals surface area (Å²) in [6.45, 7) is 5.86. The number of carbonyl (C=O) groups excluding carboxylic acids is 10. The molecule has 678 valence electrons. The lowest BCUT2D eigenvalue weighted by Gasteiger charge is -2.18. The third-order valence-corrected chi connectivity index (χ3v) is 22.1. The van der Waals surface area contributed by atoms with Gasteiger partial charge < -0.3 is 88.0 Å². The van der Waals surface area contributed by atoms with E-state index in [1.165, 1.54) is 32.1 Å². The minimum atomic E-state index is -0.629. The number of unbranched alkanes of at least 4 members (excludes halogenated alkanes) is 45. The lowest BCUT2D eigenvalue weighted by atomic mass is 10.0. The molecule has 10 amide bonds. The summed E-state index contributed by atoms with van der Waals surface area (Å²) in [5.74, 6) is -1.40. The summed E-state index contributed by atoms with van der Waals surface area (Å²) >= 11 is 0. The van der Waals surface area contributed by atoms with Crippen molar-refractivity contribution in [3.05, 3.63) is 0 Å². The quantitative estimate of drug-likeness (QED) is 0.0252. The molecule has 0 aromatic rings. The van der Waals surface area contributed by atoms with Crippen molar-refractivity contribution >= 4 is 59.1 Å². The average Bonchev–Trinajstić information content (AvgIpc) is 0.838. The zero-order valence-electron chi connectivity index (χ0n) is 73.5. The molecule has 0 spiro atoms. The highest BCUT2D eigenvalue weighted by molar-refractivity contribution is 5.90. The number of nitrogens with two attached hydrogens (primary N) is 7. The SMILES string of the molecule is NCCCCCCCCCCCC(=O)N[C@@H](CCCCN)C(=O)NCCCCCCCCCCCC(=O)N[C@@H](CCCCN)C(=O)NCCCCCCCCCCCC(=O)N[C@@H](CCCCN)C(=O)NCCCCCCCCCCCC(=O)N[C@@H](CCCCN)C(=O)NCCCCCCCCCCCC(=O)N[C@@H](CCCCN)C(N)=O. The summed E-state index contributed by atoms with van der Waals surface area (Å²) in [5.41, 5.74) is 39.5. The van der Waals surface area contributed by atoms with Crippen LogP contribution in [-0.2, 0) is 47.9 Å². The Labute approximate surface area is 704 Å². The van der Waals surface area contributed by atoms with Crippen molar-refractivity contribution in [2.24, 2.45) is 40.1 Å². The van der Waals surface area contributed by atoms with E-state index in [0.29, 0.717) is 123 Å². The smallest absolute Gasteiger partial charge is 0.242 e. The van der Waals surface area contributed by atoms with Crippen molar-refractivity contribution in [2.45, 2.75) is 448 Å². The minimum absolute atomic E-state index is 0.0449. The first-order chi connectivity index (χ1) is 56.6. The molecule has 0 heterocycles. The van der Waals surface area contributed by atoms with Crippen LogP contribution in [0.4, 0.5) is 0 Å². The molecular weight excluding hydrogens is 1470 g/mol. The maximum Gasteiger partial charge on any atom is 0.242 e. The molecule has 5 atom stereocenters. The zero-order valence-corrected chi connectivity index (χ0v) is 73.5. The summed E-state index contributed by atoms with van der Waals surface area (Å²) in [6, 6.07) is -2.81. The number of hydrogen-bond donors (Lipinski definition) is 16. The van der Waals surface area contributed by atoms with Gasteiger partial charge in [-0.3, -0.25) is 47.9 Å². The fraction of sp³-hybridized carbons (Fsp3) is 0.889. The monoisotopic (exact) mass is 1640 g/mol. The number of carbonyl (C=O) groups is 10. The highest BCUT2D eigenvalue weighted by Crippen LogP contribution is 2.18. The van der Waals surface area contributed by atoms with E-state index in [0.717, 1.165) is 328 Å². The molecule has 0 rings (SSSR count). The molecule has 0 radical (unpaired) electrons. The van der Waals surface area contributed by atoms with Crippen LogP contribution in [0.3, 0.4) is 0 Å². The zero-order chi connectivity index (χ0) is 85.1. The maximum absolute atomic E-state index is 13.3.